The van der Waals surface area contributed by atoms with Crippen LogP contribution in [0.1, 0.15) is 21.3 Å². The van der Waals surface area contributed by atoms with Gasteiger partial charge in [0.2, 0.25) is 0 Å². The highest BCUT2D eigenvalue weighted by atomic mass is 79.9. The van der Waals surface area contributed by atoms with Crippen LogP contribution in [0.25, 0.3) is 0 Å². The smallest absolute Gasteiger partial charge is 0.251 e. The molecule has 1 amide bonds. The molecule has 0 saturated carbocycles. The van der Waals surface area contributed by atoms with Crippen molar-refractivity contribution in [2.24, 2.45) is 0 Å². The number of likely N-dealkylation sites (N-methyl/N-ethyl adjacent to an activating group) is 1. The number of hydrogen-bond donors (Lipinski definition) is 1. The van der Waals surface area contributed by atoms with E-state index in [0.29, 0.717) is 12.1 Å². The van der Waals surface area contributed by atoms with Crippen LogP contribution < -0.4 is 5.32 Å². The minimum Gasteiger partial charge on any atom is -0.350 e. The Kier molecular flexibility index (Phi) is 5.98. The largest absolute Gasteiger partial charge is 0.350 e. The third kappa shape index (κ3) is 4.64. The second kappa shape index (κ2) is 7.54. The fraction of sp³-hybridized carbons (Fsp3) is 0.267. The number of benzene rings is 1. The summed E-state index contributed by atoms with van der Waals surface area (Å²) in [6, 6.07) is 9.85. The topological polar surface area (TPSA) is 32.3 Å². The SMILES string of the molecule is CN(C)C(CNC(=O)c1cc(Br)cc(Br)c1)c1cccs1. The van der Waals surface area contributed by atoms with E-state index in [9.17, 15) is 4.79 Å². The molecule has 2 rings (SSSR count). The summed E-state index contributed by atoms with van der Waals surface area (Å²) in [5, 5.41) is 5.06. The number of rotatable bonds is 5. The van der Waals surface area contributed by atoms with E-state index in [0.717, 1.165) is 8.95 Å². The van der Waals surface area contributed by atoms with Gasteiger partial charge in [0.05, 0.1) is 6.04 Å². The predicted molar refractivity (Wildman–Crippen MR) is 94.9 cm³/mol. The molecule has 6 heteroatoms. The molecule has 1 heterocycles. The van der Waals surface area contributed by atoms with Gasteiger partial charge in [0.1, 0.15) is 0 Å². The molecule has 0 aliphatic rings. The van der Waals surface area contributed by atoms with Gasteiger partial charge in [-0.3, -0.25) is 4.79 Å². The Hall–Kier alpha value is -0.690. The van der Waals surface area contributed by atoms with E-state index in [-0.39, 0.29) is 11.9 Å². The maximum atomic E-state index is 12.3. The fourth-order valence-corrected chi connectivity index (χ4v) is 4.21. The van der Waals surface area contributed by atoms with Crippen LogP contribution in [-0.4, -0.2) is 31.4 Å². The summed E-state index contributed by atoms with van der Waals surface area (Å²) >= 11 is 8.50. The molecule has 0 aliphatic carbocycles. The zero-order chi connectivity index (χ0) is 15.4. The molecule has 0 saturated heterocycles. The van der Waals surface area contributed by atoms with Crippen LogP contribution in [-0.2, 0) is 0 Å². The zero-order valence-electron chi connectivity index (χ0n) is 11.8. The average Bonchev–Trinajstić information content (AvgIpc) is 2.91. The second-order valence-corrected chi connectivity index (χ2v) is 7.67. The molecule has 1 unspecified atom stereocenters. The minimum absolute atomic E-state index is 0.0691. The normalized spacial score (nSPS) is 12.4. The van der Waals surface area contributed by atoms with Crippen LogP contribution in [0.3, 0.4) is 0 Å². The van der Waals surface area contributed by atoms with Gasteiger partial charge in [-0.15, -0.1) is 11.3 Å². The number of carbonyl (C=O) groups excluding carboxylic acids is 1. The molecule has 0 fully saturated rings. The van der Waals surface area contributed by atoms with Crippen LogP contribution in [0, 0.1) is 0 Å². The van der Waals surface area contributed by atoms with Crippen molar-refractivity contribution in [3.63, 3.8) is 0 Å². The Bertz CT molecular complexity index is 594. The first kappa shape index (κ1) is 16.7. The molecule has 0 bridgehead atoms. The summed E-state index contributed by atoms with van der Waals surface area (Å²) in [6.07, 6.45) is 0. The molecular formula is C15H16Br2N2OS. The summed E-state index contributed by atoms with van der Waals surface area (Å²) in [4.78, 5) is 15.6. The number of carbonyl (C=O) groups is 1. The van der Waals surface area contributed by atoms with Gasteiger partial charge < -0.3 is 10.2 Å². The highest BCUT2D eigenvalue weighted by Gasteiger charge is 2.17. The molecule has 0 aliphatic heterocycles. The monoisotopic (exact) mass is 430 g/mol. The van der Waals surface area contributed by atoms with E-state index < -0.39 is 0 Å². The molecular weight excluding hydrogens is 416 g/mol. The Morgan fingerprint density at radius 3 is 2.48 bits per heavy atom. The number of amides is 1. The standard InChI is InChI=1S/C15H16Br2N2OS/c1-19(2)13(14-4-3-5-21-14)9-18-15(20)10-6-11(16)8-12(17)7-10/h3-8,13H,9H2,1-2H3,(H,18,20). The minimum atomic E-state index is -0.0691. The summed E-state index contributed by atoms with van der Waals surface area (Å²) in [7, 11) is 4.04. The Morgan fingerprint density at radius 2 is 1.95 bits per heavy atom. The molecule has 0 spiro atoms. The Labute approximate surface area is 145 Å². The molecule has 21 heavy (non-hydrogen) atoms. The van der Waals surface area contributed by atoms with Gasteiger partial charge in [0, 0.05) is 25.9 Å². The second-order valence-electron chi connectivity index (χ2n) is 4.86. The zero-order valence-corrected chi connectivity index (χ0v) is 15.8. The third-order valence-electron chi connectivity index (χ3n) is 3.08. The van der Waals surface area contributed by atoms with Gasteiger partial charge in [-0.1, -0.05) is 37.9 Å². The summed E-state index contributed by atoms with van der Waals surface area (Å²) < 4.78 is 1.76. The number of thiophene rings is 1. The van der Waals surface area contributed by atoms with Crippen LogP contribution in [0.2, 0.25) is 0 Å². The van der Waals surface area contributed by atoms with Crippen molar-refractivity contribution in [3.8, 4) is 0 Å². The van der Waals surface area contributed by atoms with E-state index in [1.165, 1.54) is 4.88 Å². The van der Waals surface area contributed by atoms with E-state index in [1.807, 2.05) is 38.4 Å². The van der Waals surface area contributed by atoms with Crippen molar-refractivity contribution in [2.45, 2.75) is 6.04 Å². The van der Waals surface area contributed by atoms with Crippen LogP contribution in [0.15, 0.2) is 44.7 Å². The van der Waals surface area contributed by atoms with Crippen LogP contribution >= 0.6 is 43.2 Å². The Morgan fingerprint density at radius 1 is 1.29 bits per heavy atom. The molecule has 2 aromatic rings. The van der Waals surface area contributed by atoms with E-state index in [2.05, 4.69) is 53.5 Å². The number of halogens is 2. The van der Waals surface area contributed by atoms with Gasteiger partial charge in [0.25, 0.3) is 5.91 Å². The number of nitrogens with zero attached hydrogens (tertiary/aromatic N) is 1. The average molecular weight is 432 g/mol. The molecule has 3 nitrogen and oxygen atoms in total. The molecule has 1 N–H and O–H groups in total. The van der Waals surface area contributed by atoms with Crippen molar-refractivity contribution in [1.82, 2.24) is 10.2 Å². The van der Waals surface area contributed by atoms with E-state index >= 15 is 0 Å². The summed E-state index contributed by atoms with van der Waals surface area (Å²) in [5.41, 5.74) is 0.639. The number of nitrogens with one attached hydrogen (secondary N) is 1. The van der Waals surface area contributed by atoms with Gasteiger partial charge in [-0.2, -0.15) is 0 Å². The lowest BCUT2D eigenvalue weighted by atomic mass is 10.2. The van der Waals surface area contributed by atoms with Crippen molar-refractivity contribution < 1.29 is 4.79 Å². The lowest BCUT2D eigenvalue weighted by Crippen LogP contribution is -2.34. The molecule has 1 aromatic carbocycles. The maximum absolute atomic E-state index is 12.3. The fourth-order valence-electron chi connectivity index (χ4n) is 1.99. The quantitative estimate of drug-likeness (QED) is 0.764. The van der Waals surface area contributed by atoms with Crippen molar-refractivity contribution in [3.05, 3.63) is 55.1 Å². The predicted octanol–water partition coefficient (Wildman–Crippen LogP) is 4.31. The van der Waals surface area contributed by atoms with Crippen molar-refractivity contribution in [2.75, 3.05) is 20.6 Å². The first-order chi connectivity index (χ1) is 9.97. The lowest BCUT2D eigenvalue weighted by Gasteiger charge is -2.23. The van der Waals surface area contributed by atoms with Crippen LogP contribution in [0.4, 0.5) is 0 Å². The van der Waals surface area contributed by atoms with Crippen molar-refractivity contribution >= 4 is 49.1 Å². The molecule has 0 radical (unpaired) electrons. The van der Waals surface area contributed by atoms with Gasteiger partial charge >= 0.3 is 0 Å². The van der Waals surface area contributed by atoms with E-state index in [1.54, 1.807) is 11.3 Å². The first-order valence-electron chi connectivity index (χ1n) is 6.41. The van der Waals surface area contributed by atoms with Gasteiger partial charge in [0.15, 0.2) is 0 Å². The molecule has 112 valence electrons. The highest BCUT2D eigenvalue weighted by Crippen LogP contribution is 2.23. The molecule has 1 aromatic heterocycles. The summed E-state index contributed by atoms with van der Waals surface area (Å²) in [5.74, 6) is -0.0691. The van der Waals surface area contributed by atoms with Crippen molar-refractivity contribution in [1.29, 1.82) is 0 Å². The Balaban J connectivity index is 2.05. The van der Waals surface area contributed by atoms with Crippen LogP contribution in [0.5, 0.6) is 0 Å². The summed E-state index contributed by atoms with van der Waals surface area (Å²) in [6.45, 7) is 0.580. The van der Waals surface area contributed by atoms with E-state index in [4.69, 9.17) is 0 Å². The molecule has 1 atom stereocenters. The third-order valence-corrected chi connectivity index (χ3v) is 4.96. The highest BCUT2D eigenvalue weighted by molar-refractivity contribution is 9.11. The first-order valence-corrected chi connectivity index (χ1v) is 8.88. The van der Waals surface area contributed by atoms with Gasteiger partial charge in [-0.25, -0.2) is 0 Å². The van der Waals surface area contributed by atoms with Gasteiger partial charge in [-0.05, 0) is 43.7 Å². The lowest BCUT2D eigenvalue weighted by molar-refractivity contribution is 0.0942. The number of hydrogen-bond acceptors (Lipinski definition) is 3. The maximum Gasteiger partial charge on any atom is 0.251 e.